The summed E-state index contributed by atoms with van der Waals surface area (Å²) in [7, 11) is 0. The summed E-state index contributed by atoms with van der Waals surface area (Å²) in [6.07, 6.45) is 4.28. The molecule has 0 aromatic heterocycles. The zero-order valence-corrected chi connectivity index (χ0v) is 10.8. The lowest BCUT2D eigenvalue weighted by Crippen LogP contribution is -2.44. The lowest BCUT2D eigenvalue weighted by molar-refractivity contribution is -0.140. The Bertz CT molecular complexity index is 524. The van der Waals surface area contributed by atoms with E-state index < -0.39 is 11.9 Å². The van der Waals surface area contributed by atoms with Gasteiger partial charge in [-0.3, -0.25) is 14.8 Å². The number of hydrogen-bond donors (Lipinski definition) is 3. The van der Waals surface area contributed by atoms with E-state index in [1.165, 1.54) is 23.1 Å². The van der Waals surface area contributed by atoms with Crippen molar-refractivity contribution < 1.29 is 19.9 Å². The molecule has 106 valence electrons. The molecular weight excluding hydrogens is 260 g/mol. The molecule has 20 heavy (non-hydrogen) atoms. The number of phenols is 1. The highest BCUT2D eigenvalue weighted by atomic mass is 16.5. The van der Waals surface area contributed by atoms with Crippen LogP contribution in [-0.2, 0) is 9.59 Å². The second-order valence-corrected chi connectivity index (χ2v) is 4.59. The molecule has 1 heterocycles. The van der Waals surface area contributed by atoms with Crippen molar-refractivity contribution in [3.63, 3.8) is 0 Å². The quantitative estimate of drug-likeness (QED) is 0.435. The highest BCUT2D eigenvalue weighted by Gasteiger charge is 2.32. The van der Waals surface area contributed by atoms with Crippen molar-refractivity contribution in [2.24, 2.45) is 0 Å². The number of rotatable bonds is 3. The van der Waals surface area contributed by atoms with Crippen LogP contribution >= 0.6 is 0 Å². The number of nitrogens with zero attached hydrogens (tertiary/aromatic N) is 1. The van der Waals surface area contributed by atoms with E-state index in [0.717, 1.165) is 12.0 Å². The minimum absolute atomic E-state index is 0.160. The Kier molecular flexibility index (Phi) is 4.37. The third kappa shape index (κ3) is 3.16. The number of likely N-dealkylation sites (tertiary alicyclic amines) is 1. The first-order valence-electron chi connectivity index (χ1n) is 6.33. The number of carbonyl (C=O) groups is 2. The largest absolute Gasteiger partial charge is 0.508 e. The molecule has 1 atom stereocenters. The smallest absolute Gasteiger partial charge is 0.266 e. The van der Waals surface area contributed by atoms with E-state index in [1.54, 1.807) is 23.7 Å². The molecule has 6 heteroatoms. The normalized spacial score (nSPS) is 18.4. The van der Waals surface area contributed by atoms with Gasteiger partial charge >= 0.3 is 0 Å². The summed E-state index contributed by atoms with van der Waals surface area (Å²) < 4.78 is 0. The molecule has 1 aliphatic rings. The number of amides is 2. The van der Waals surface area contributed by atoms with Gasteiger partial charge in [-0.2, -0.15) is 0 Å². The van der Waals surface area contributed by atoms with Crippen LogP contribution in [0.3, 0.4) is 0 Å². The van der Waals surface area contributed by atoms with Gasteiger partial charge in [-0.1, -0.05) is 12.1 Å². The van der Waals surface area contributed by atoms with Gasteiger partial charge in [-0.15, -0.1) is 0 Å². The fourth-order valence-electron chi connectivity index (χ4n) is 2.23. The molecule has 1 aromatic rings. The van der Waals surface area contributed by atoms with E-state index >= 15 is 0 Å². The Balaban J connectivity index is 2.04. The molecule has 2 amide bonds. The number of carbonyl (C=O) groups excluding carboxylic acids is 2. The van der Waals surface area contributed by atoms with Gasteiger partial charge in [0.05, 0.1) is 0 Å². The Morgan fingerprint density at radius 1 is 1.30 bits per heavy atom. The van der Waals surface area contributed by atoms with Crippen molar-refractivity contribution in [3.05, 3.63) is 35.9 Å². The average Bonchev–Trinajstić information content (AvgIpc) is 2.95. The summed E-state index contributed by atoms with van der Waals surface area (Å²) in [5.41, 5.74) is 2.36. The SMILES string of the molecule is O=C(NO)[C@@H]1CCCN1C(=O)/C=C/c1ccc(O)cc1. The highest BCUT2D eigenvalue weighted by Crippen LogP contribution is 2.18. The van der Waals surface area contributed by atoms with Crippen molar-refractivity contribution in [1.82, 2.24) is 10.4 Å². The lowest BCUT2D eigenvalue weighted by Gasteiger charge is -2.21. The highest BCUT2D eigenvalue weighted by molar-refractivity contribution is 5.95. The molecule has 0 spiro atoms. The minimum Gasteiger partial charge on any atom is -0.508 e. The first kappa shape index (κ1) is 14.1. The number of phenolic OH excluding ortho intramolecular Hbond substituents is 1. The number of hydrogen-bond acceptors (Lipinski definition) is 4. The standard InChI is InChI=1S/C14H16N2O4/c17-11-6-3-10(4-7-11)5-8-13(18)16-9-1-2-12(16)14(19)15-20/h3-8,12,17,20H,1-2,9H2,(H,15,19)/b8-5+/t12-/m0/s1. The number of aromatic hydroxyl groups is 1. The van der Waals surface area contributed by atoms with Gasteiger partial charge in [-0.25, -0.2) is 5.48 Å². The van der Waals surface area contributed by atoms with E-state index in [4.69, 9.17) is 10.3 Å². The van der Waals surface area contributed by atoms with E-state index in [1.807, 2.05) is 0 Å². The second kappa shape index (κ2) is 6.21. The minimum atomic E-state index is -0.614. The summed E-state index contributed by atoms with van der Waals surface area (Å²) >= 11 is 0. The molecular formula is C14H16N2O4. The first-order chi connectivity index (χ1) is 9.61. The van der Waals surface area contributed by atoms with Crippen molar-refractivity contribution in [2.45, 2.75) is 18.9 Å². The molecule has 1 aromatic carbocycles. The van der Waals surface area contributed by atoms with Crippen molar-refractivity contribution >= 4 is 17.9 Å². The molecule has 0 radical (unpaired) electrons. The molecule has 0 unspecified atom stereocenters. The lowest BCUT2D eigenvalue weighted by atomic mass is 10.2. The summed E-state index contributed by atoms with van der Waals surface area (Å²) in [6, 6.07) is 5.81. The molecule has 0 saturated carbocycles. The molecule has 0 aliphatic carbocycles. The van der Waals surface area contributed by atoms with Gasteiger partial charge in [0.2, 0.25) is 5.91 Å². The van der Waals surface area contributed by atoms with Crippen LogP contribution in [0, 0.1) is 0 Å². The van der Waals surface area contributed by atoms with E-state index in [2.05, 4.69) is 0 Å². The van der Waals surface area contributed by atoms with Crippen molar-refractivity contribution in [1.29, 1.82) is 0 Å². The zero-order chi connectivity index (χ0) is 14.5. The van der Waals surface area contributed by atoms with Crippen LogP contribution in [0.2, 0.25) is 0 Å². The Labute approximate surface area is 116 Å². The van der Waals surface area contributed by atoms with Gasteiger partial charge in [0, 0.05) is 12.6 Å². The zero-order valence-electron chi connectivity index (χ0n) is 10.8. The van der Waals surface area contributed by atoms with E-state index in [-0.39, 0.29) is 11.7 Å². The van der Waals surface area contributed by atoms with E-state index in [0.29, 0.717) is 13.0 Å². The van der Waals surface area contributed by atoms with Crippen LogP contribution in [0.4, 0.5) is 0 Å². The Hall–Kier alpha value is -2.34. The summed E-state index contributed by atoms with van der Waals surface area (Å²) in [6.45, 7) is 0.497. The second-order valence-electron chi connectivity index (χ2n) is 4.59. The van der Waals surface area contributed by atoms with Crippen molar-refractivity contribution in [2.75, 3.05) is 6.54 Å². The summed E-state index contributed by atoms with van der Waals surface area (Å²) in [4.78, 5) is 24.9. The third-order valence-corrected chi connectivity index (χ3v) is 3.26. The van der Waals surface area contributed by atoms with Gasteiger partial charge in [0.25, 0.3) is 5.91 Å². The maximum absolute atomic E-state index is 12.0. The topological polar surface area (TPSA) is 89.9 Å². The molecule has 1 aliphatic heterocycles. The average molecular weight is 276 g/mol. The van der Waals surface area contributed by atoms with Crippen LogP contribution < -0.4 is 5.48 Å². The van der Waals surface area contributed by atoms with Gasteiger partial charge in [0.15, 0.2) is 0 Å². The van der Waals surface area contributed by atoms with Crippen LogP contribution in [0.5, 0.6) is 5.75 Å². The third-order valence-electron chi connectivity index (χ3n) is 3.26. The van der Waals surface area contributed by atoms with Gasteiger partial charge in [-0.05, 0) is 36.6 Å². The van der Waals surface area contributed by atoms with Crippen LogP contribution in [-0.4, -0.2) is 39.6 Å². The monoisotopic (exact) mass is 276 g/mol. The maximum atomic E-state index is 12.0. The molecule has 1 fully saturated rings. The van der Waals surface area contributed by atoms with Gasteiger partial charge in [0.1, 0.15) is 11.8 Å². The predicted octanol–water partition coefficient (Wildman–Crippen LogP) is 0.902. The fourth-order valence-corrected chi connectivity index (χ4v) is 2.23. The Morgan fingerprint density at radius 2 is 2.00 bits per heavy atom. The molecule has 1 saturated heterocycles. The molecule has 3 N–H and O–H groups in total. The summed E-state index contributed by atoms with van der Waals surface area (Å²) in [5, 5.41) is 17.8. The maximum Gasteiger partial charge on any atom is 0.266 e. The van der Waals surface area contributed by atoms with Crippen LogP contribution in [0.1, 0.15) is 18.4 Å². The predicted molar refractivity (Wildman–Crippen MR) is 71.8 cm³/mol. The number of benzene rings is 1. The van der Waals surface area contributed by atoms with Gasteiger partial charge < -0.3 is 10.0 Å². The van der Waals surface area contributed by atoms with E-state index in [9.17, 15) is 9.59 Å². The molecule has 0 bridgehead atoms. The van der Waals surface area contributed by atoms with Crippen LogP contribution in [0.25, 0.3) is 6.08 Å². The number of nitrogens with one attached hydrogen (secondary N) is 1. The van der Waals surface area contributed by atoms with Crippen LogP contribution in [0.15, 0.2) is 30.3 Å². The molecule has 2 rings (SSSR count). The Morgan fingerprint density at radius 3 is 2.65 bits per heavy atom. The van der Waals surface area contributed by atoms with Crippen molar-refractivity contribution in [3.8, 4) is 5.75 Å². The molecule has 6 nitrogen and oxygen atoms in total. The summed E-state index contributed by atoms with van der Waals surface area (Å²) in [5.74, 6) is -0.675. The number of hydroxylamine groups is 1. The first-order valence-corrected chi connectivity index (χ1v) is 6.33. The fraction of sp³-hybridized carbons (Fsp3) is 0.286.